The Balaban J connectivity index is 1.71. The summed E-state index contributed by atoms with van der Waals surface area (Å²) in [6.07, 6.45) is -4.59. The maximum absolute atomic E-state index is 13.0. The third kappa shape index (κ3) is 4.37. The minimum Gasteiger partial charge on any atom is -0.360 e. The van der Waals surface area contributed by atoms with Crippen molar-refractivity contribution in [3.8, 4) is 0 Å². The molecule has 144 valence electrons. The highest BCUT2D eigenvalue weighted by Gasteiger charge is 2.33. The fraction of sp³-hybridized carbons (Fsp3) is 0.105. The molecule has 0 atom stereocenters. The number of alkyl halides is 3. The lowest BCUT2D eigenvalue weighted by atomic mass is 10.1. The zero-order valence-corrected chi connectivity index (χ0v) is 14.5. The van der Waals surface area contributed by atoms with Crippen molar-refractivity contribution in [2.24, 2.45) is 0 Å². The van der Waals surface area contributed by atoms with Gasteiger partial charge in [0.2, 0.25) is 0 Å². The molecule has 0 saturated carbocycles. The molecule has 6 nitrogen and oxygen atoms in total. The van der Waals surface area contributed by atoms with Crippen LogP contribution in [0.5, 0.6) is 0 Å². The van der Waals surface area contributed by atoms with Gasteiger partial charge >= 0.3 is 6.18 Å². The van der Waals surface area contributed by atoms with Crippen LogP contribution in [0.15, 0.2) is 59.1 Å². The van der Waals surface area contributed by atoms with Crippen molar-refractivity contribution in [1.29, 1.82) is 0 Å². The summed E-state index contributed by atoms with van der Waals surface area (Å²) < 4.78 is 43.9. The van der Waals surface area contributed by atoms with Gasteiger partial charge in [0.05, 0.1) is 11.3 Å². The highest BCUT2D eigenvalue weighted by molar-refractivity contribution is 6.07. The molecular weight excluding hydrogens is 375 g/mol. The Kier molecular flexibility index (Phi) is 5.16. The summed E-state index contributed by atoms with van der Waals surface area (Å²) >= 11 is 0. The first kappa shape index (κ1) is 19.2. The van der Waals surface area contributed by atoms with Crippen molar-refractivity contribution in [3.05, 3.63) is 77.0 Å². The second kappa shape index (κ2) is 7.55. The largest absolute Gasteiger partial charge is 0.418 e. The van der Waals surface area contributed by atoms with Crippen LogP contribution in [0, 0.1) is 6.92 Å². The fourth-order valence-corrected chi connectivity index (χ4v) is 2.42. The molecular formula is C19H14F3N3O3. The number of halogens is 3. The molecule has 1 aromatic heterocycles. The summed E-state index contributed by atoms with van der Waals surface area (Å²) in [5.41, 5.74) is -0.941. The summed E-state index contributed by atoms with van der Waals surface area (Å²) in [6.45, 7) is 1.67. The Morgan fingerprint density at radius 2 is 1.50 bits per heavy atom. The average molecular weight is 389 g/mol. The standard InChI is InChI=1S/C19H14F3N3O3/c1-11-10-16(25-28-11)24-18(27)13-8-6-12(7-9-13)17(26)23-15-5-3-2-4-14(15)19(20,21)22/h2-10H,1H3,(H,23,26)(H,24,25,27). The molecule has 0 unspecified atom stereocenters. The van der Waals surface area contributed by atoms with Crippen LogP contribution in [-0.4, -0.2) is 17.0 Å². The maximum Gasteiger partial charge on any atom is 0.418 e. The smallest absolute Gasteiger partial charge is 0.360 e. The van der Waals surface area contributed by atoms with E-state index >= 15 is 0 Å². The van der Waals surface area contributed by atoms with Crippen LogP contribution in [0.25, 0.3) is 0 Å². The van der Waals surface area contributed by atoms with Gasteiger partial charge in [-0.3, -0.25) is 9.59 Å². The molecule has 0 aliphatic rings. The van der Waals surface area contributed by atoms with Gasteiger partial charge in [-0.05, 0) is 43.3 Å². The van der Waals surface area contributed by atoms with Crippen molar-refractivity contribution in [3.63, 3.8) is 0 Å². The maximum atomic E-state index is 13.0. The molecule has 0 spiro atoms. The summed E-state index contributed by atoms with van der Waals surface area (Å²) in [6, 6.07) is 11.7. The number of hydrogen-bond donors (Lipinski definition) is 2. The molecule has 1 heterocycles. The first-order valence-electron chi connectivity index (χ1n) is 8.06. The number of rotatable bonds is 4. The number of benzene rings is 2. The van der Waals surface area contributed by atoms with Crippen molar-refractivity contribution in [2.45, 2.75) is 13.1 Å². The molecule has 2 amide bonds. The summed E-state index contributed by atoms with van der Waals surface area (Å²) in [5, 5.41) is 8.40. The van der Waals surface area contributed by atoms with Gasteiger partial charge in [0.25, 0.3) is 11.8 Å². The first-order chi connectivity index (χ1) is 13.2. The van der Waals surface area contributed by atoms with E-state index in [2.05, 4.69) is 15.8 Å². The molecule has 0 saturated heterocycles. The number of para-hydroxylation sites is 1. The molecule has 0 radical (unpaired) electrons. The Bertz CT molecular complexity index is 1010. The van der Waals surface area contributed by atoms with E-state index in [0.29, 0.717) is 5.76 Å². The van der Waals surface area contributed by atoms with E-state index in [9.17, 15) is 22.8 Å². The minimum absolute atomic E-state index is 0.103. The quantitative estimate of drug-likeness (QED) is 0.688. The monoisotopic (exact) mass is 389 g/mol. The predicted octanol–water partition coefficient (Wildman–Crippen LogP) is 4.51. The second-order valence-electron chi connectivity index (χ2n) is 5.85. The zero-order valence-electron chi connectivity index (χ0n) is 14.5. The summed E-state index contributed by atoms with van der Waals surface area (Å²) in [4.78, 5) is 24.4. The summed E-state index contributed by atoms with van der Waals surface area (Å²) in [5.74, 6) is -0.423. The van der Waals surface area contributed by atoms with E-state index in [1.165, 1.54) is 48.5 Å². The first-order valence-corrected chi connectivity index (χ1v) is 8.06. The molecule has 28 heavy (non-hydrogen) atoms. The number of anilines is 2. The van der Waals surface area contributed by atoms with Crippen LogP contribution in [-0.2, 0) is 6.18 Å². The van der Waals surface area contributed by atoms with Gasteiger partial charge in [-0.2, -0.15) is 13.2 Å². The van der Waals surface area contributed by atoms with Crippen LogP contribution >= 0.6 is 0 Å². The molecule has 2 N–H and O–H groups in total. The molecule has 0 bridgehead atoms. The topological polar surface area (TPSA) is 84.2 Å². The van der Waals surface area contributed by atoms with Crippen LogP contribution in [0.2, 0.25) is 0 Å². The van der Waals surface area contributed by atoms with Gasteiger partial charge in [0.15, 0.2) is 5.82 Å². The number of carbonyl (C=O) groups excluding carboxylic acids is 2. The van der Waals surface area contributed by atoms with Gasteiger partial charge < -0.3 is 15.2 Å². The summed E-state index contributed by atoms with van der Waals surface area (Å²) in [7, 11) is 0. The number of amides is 2. The van der Waals surface area contributed by atoms with Crippen molar-refractivity contribution < 1.29 is 27.3 Å². The van der Waals surface area contributed by atoms with E-state index in [-0.39, 0.29) is 22.6 Å². The number of nitrogens with zero attached hydrogens (tertiary/aromatic N) is 1. The average Bonchev–Trinajstić information content (AvgIpc) is 3.06. The SMILES string of the molecule is Cc1cc(NC(=O)c2ccc(C(=O)Nc3ccccc3C(F)(F)F)cc2)no1. The lowest BCUT2D eigenvalue weighted by Gasteiger charge is -2.13. The second-order valence-corrected chi connectivity index (χ2v) is 5.85. The van der Waals surface area contributed by atoms with Gasteiger partial charge in [0.1, 0.15) is 5.76 Å². The molecule has 0 aliphatic heterocycles. The van der Waals surface area contributed by atoms with Crippen molar-refractivity contribution in [1.82, 2.24) is 5.16 Å². The number of nitrogens with one attached hydrogen (secondary N) is 2. The van der Waals surface area contributed by atoms with E-state index in [4.69, 9.17) is 4.52 Å². The van der Waals surface area contributed by atoms with E-state index in [1.54, 1.807) is 6.92 Å². The highest BCUT2D eigenvalue weighted by Crippen LogP contribution is 2.34. The van der Waals surface area contributed by atoms with Crippen LogP contribution in [0.3, 0.4) is 0 Å². The lowest BCUT2D eigenvalue weighted by molar-refractivity contribution is -0.136. The number of aromatic nitrogens is 1. The molecule has 3 aromatic rings. The van der Waals surface area contributed by atoms with E-state index < -0.39 is 23.6 Å². The molecule has 3 rings (SSSR count). The Morgan fingerprint density at radius 1 is 0.929 bits per heavy atom. The van der Waals surface area contributed by atoms with Crippen LogP contribution in [0.4, 0.5) is 24.7 Å². The normalized spacial score (nSPS) is 11.1. The minimum atomic E-state index is -4.59. The van der Waals surface area contributed by atoms with Crippen LogP contribution in [0.1, 0.15) is 32.0 Å². The Morgan fingerprint density at radius 3 is 2.04 bits per heavy atom. The third-order valence-corrected chi connectivity index (χ3v) is 3.76. The number of carbonyl (C=O) groups is 2. The number of hydrogen-bond acceptors (Lipinski definition) is 4. The van der Waals surface area contributed by atoms with Crippen LogP contribution < -0.4 is 10.6 Å². The van der Waals surface area contributed by atoms with Crippen molar-refractivity contribution in [2.75, 3.05) is 10.6 Å². The molecule has 2 aromatic carbocycles. The van der Waals surface area contributed by atoms with E-state index in [1.807, 2.05) is 0 Å². The van der Waals surface area contributed by atoms with E-state index in [0.717, 1.165) is 6.07 Å². The number of aryl methyl sites for hydroxylation is 1. The zero-order chi connectivity index (χ0) is 20.3. The Hall–Kier alpha value is -3.62. The predicted molar refractivity (Wildman–Crippen MR) is 95.0 cm³/mol. The van der Waals surface area contributed by atoms with Gasteiger partial charge in [-0.1, -0.05) is 17.3 Å². The van der Waals surface area contributed by atoms with Gasteiger partial charge in [-0.15, -0.1) is 0 Å². The molecule has 0 fully saturated rings. The fourth-order valence-electron chi connectivity index (χ4n) is 2.42. The van der Waals surface area contributed by atoms with Crippen molar-refractivity contribution >= 4 is 23.3 Å². The Labute approximate surface area is 157 Å². The van der Waals surface area contributed by atoms with Gasteiger partial charge in [0, 0.05) is 17.2 Å². The third-order valence-electron chi connectivity index (χ3n) is 3.76. The highest BCUT2D eigenvalue weighted by atomic mass is 19.4. The van der Waals surface area contributed by atoms with Gasteiger partial charge in [-0.25, -0.2) is 0 Å². The lowest BCUT2D eigenvalue weighted by Crippen LogP contribution is -2.17. The molecule has 0 aliphatic carbocycles. The molecule has 9 heteroatoms.